The summed E-state index contributed by atoms with van der Waals surface area (Å²) in [6.07, 6.45) is 1.62. The molecule has 0 aliphatic rings. The zero-order valence-electron chi connectivity index (χ0n) is 12.8. The predicted molar refractivity (Wildman–Crippen MR) is 85.6 cm³/mol. The molecular weight excluding hydrogens is 284 g/mol. The number of amides is 1. The highest BCUT2D eigenvalue weighted by Crippen LogP contribution is 2.27. The molecule has 0 atom stereocenters. The zero-order chi connectivity index (χ0) is 15.4. The van der Waals surface area contributed by atoms with E-state index < -0.39 is 0 Å². The fourth-order valence-electron chi connectivity index (χ4n) is 2.05. The van der Waals surface area contributed by atoms with E-state index in [4.69, 9.17) is 0 Å². The predicted octanol–water partition coefficient (Wildman–Crippen LogP) is 2.98. The molecule has 1 heterocycles. The molecule has 1 aromatic carbocycles. The van der Waals surface area contributed by atoms with Crippen molar-refractivity contribution in [1.82, 2.24) is 14.8 Å². The molecule has 0 fully saturated rings. The molecule has 2 aromatic rings. The van der Waals surface area contributed by atoms with Gasteiger partial charge in [-0.05, 0) is 24.0 Å². The summed E-state index contributed by atoms with van der Waals surface area (Å²) in [6.45, 7) is 6.26. The van der Waals surface area contributed by atoms with Gasteiger partial charge in [-0.15, -0.1) is 10.2 Å². The third kappa shape index (κ3) is 3.85. The molecule has 112 valence electrons. The first kappa shape index (κ1) is 15.6. The number of benzene rings is 1. The molecule has 0 spiro atoms. The smallest absolute Gasteiger partial charge is 0.234 e. The highest BCUT2D eigenvalue weighted by Gasteiger charge is 2.13. The molecule has 0 radical (unpaired) electrons. The Kier molecular flexibility index (Phi) is 5.01. The number of hydrogen-bond donors (Lipinski definition) is 1. The normalized spacial score (nSPS) is 10.9. The number of carbonyl (C=O) groups is 1. The van der Waals surface area contributed by atoms with Gasteiger partial charge in [-0.2, -0.15) is 0 Å². The molecule has 0 aliphatic carbocycles. The minimum Gasteiger partial charge on any atom is -0.325 e. The molecule has 1 N–H and O–H groups in total. The van der Waals surface area contributed by atoms with E-state index in [1.54, 1.807) is 10.9 Å². The topological polar surface area (TPSA) is 59.8 Å². The number of hydrogen-bond acceptors (Lipinski definition) is 4. The maximum atomic E-state index is 12.2. The summed E-state index contributed by atoms with van der Waals surface area (Å²) in [7, 11) is 1.86. The highest BCUT2D eigenvalue weighted by molar-refractivity contribution is 7.99. The van der Waals surface area contributed by atoms with Crippen LogP contribution in [-0.4, -0.2) is 26.4 Å². The third-order valence-corrected chi connectivity index (χ3v) is 4.23. The van der Waals surface area contributed by atoms with Crippen molar-refractivity contribution in [2.24, 2.45) is 7.05 Å². The molecule has 1 amide bonds. The van der Waals surface area contributed by atoms with Gasteiger partial charge in [-0.3, -0.25) is 4.79 Å². The van der Waals surface area contributed by atoms with E-state index in [0.717, 1.165) is 22.0 Å². The van der Waals surface area contributed by atoms with Crippen molar-refractivity contribution >= 4 is 23.4 Å². The summed E-state index contributed by atoms with van der Waals surface area (Å²) in [5, 5.41) is 11.5. The van der Waals surface area contributed by atoms with E-state index in [1.165, 1.54) is 11.8 Å². The summed E-state index contributed by atoms with van der Waals surface area (Å²) < 4.78 is 1.80. The van der Waals surface area contributed by atoms with Gasteiger partial charge >= 0.3 is 0 Å². The van der Waals surface area contributed by atoms with Gasteiger partial charge in [-0.25, -0.2) is 0 Å². The summed E-state index contributed by atoms with van der Waals surface area (Å²) in [6, 6.07) is 6.09. The van der Waals surface area contributed by atoms with Crippen molar-refractivity contribution in [2.75, 3.05) is 11.1 Å². The highest BCUT2D eigenvalue weighted by atomic mass is 32.2. The lowest BCUT2D eigenvalue weighted by Crippen LogP contribution is -2.17. The van der Waals surface area contributed by atoms with Gasteiger partial charge in [0.25, 0.3) is 0 Å². The Morgan fingerprint density at radius 3 is 2.81 bits per heavy atom. The second-order valence-electron chi connectivity index (χ2n) is 5.26. The largest absolute Gasteiger partial charge is 0.325 e. The van der Waals surface area contributed by atoms with Gasteiger partial charge in [0.2, 0.25) is 5.91 Å². The van der Waals surface area contributed by atoms with Crippen molar-refractivity contribution < 1.29 is 4.79 Å². The summed E-state index contributed by atoms with van der Waals surface area (Å²) in [5.41, 5.74) is 3.17. The van der Waals surface area contributed by atoms with Crippen LogP contribution in [0.1, 0.15) is 30.9 Å². The van der Waals surface area contributed by atoms with Crippen molar-refractivity contribution in [1.29, 1.82) is 0 Å². The van der Waals surface area contributed by atoms with Gasteiger partial charge in [-0.1, -0.05) is 43.8 Å². The molecule has 0 aliphatic heterocycles. The fraction of sp³-hybridized carbons (Fsp3) is 0.400. The minimum absolute atomic E-state index is 0.0285. The van der Waals surface area contributed by atoms with E-state index in [1.807, 2.05) is 26.1 Å². The number of aryl methyl sites for hydroxylation is 2. The number of carbonyl (C=O) groups excluding carboxylic acids is 1. The molecule has 1 aromatic heterocycles. The van der Waals surface area contributed by atoms with Gasteiger partial charge in [0.15, 0.2) is 5.16 Å². The van der Waals surface area contributed by atoms with Crippen LogP contribution < -0.4 is 5.32 Å². The Hall–Kier alpha value is -1.82. The summed E-state index contributed by atoms with van der Waals surface area (Å²) in [4.78, 5) is 12.2. The maximum Gasteiger partial charge on any atom is 0.234 e. The third-order valence-electron chi connectivity index (χ3n) is 3.19. The second kappa shape index (κ2) is 6.76. The molecule has 0 unspecified atom stereocenters. The number of aromatic nitrogens is 3. The SMILES string of the molecule is Cc1cccc(C(C)C)c1NC(=O)CSc1nncn1C. The van der Waals surface area contributed by atoms with Crippen LogP contribution in [0, 0.1) is 6.92 Å². The molecule has 0 saturated carbocycles. The average Bonchev–Trinajstić information content (AvgIpc) is 2.84. The monoisotopic (exact) mass is 304 g/mol. The number of rotatable bonds is 5. The lowest BCUT2D eigenvalue weighted by atomic mass is 9.98. The van der Waals surface area contributed by atoms with Crippen LogP contribution in [0.25, 0.3) is 0 Å². The van der Waals surface area contributed by atoms with Crippen LogP contribution >= 0.6 is 11.8 Å². The molecule has 21 heavy (non-hydrogen) atoms. The summed E-state index contributed by atoms with van der Waals surface area (Å²) in [5.74, 6) is 0.657. The van der Waals surface area contributed by atoms with E-state index >= 15 is 0 Å². The summed E-state index contributed by atoms with van der Waals surface area (Å²) >= 11 is 1.38. The number of nitrogens with zero attached hydrogens (tertiary/aromatic N) is 3. The number of anilines is 1. The molecule has 5 nitrogen and oxygen atoms in total. The van der Waals surface area contributed by atoms with E-state index in [0.29, 0.717) is 11.7 Å². The van der Waals surface area contributed by atoms with Crippen molar-refractivity contribution in [3.63, 3.8) is 0 Å². The fourth-order valence-corrected chi connectivity index (χ4v) is 2.74. The van der Waals surface area contributed by atoms with Crippen molar-refractivity contribution in [3.05, 3.63) is 35.7 Å². The molecule has 2 rings (SSSR count). The number of para-hydroxylation sites is 1. The Morgan fingerprint density at radius 1 is 1.43 bits per heavy atom. The Morgan fingerprint density at radius 2 is 2.19 bits per heavy atom. The molecule has 6 heteroatoms. The number of thioether (sulfide) groups is 1. The van der Waals surface area contributed by atoms with Gasteiger partial charge < -0.3 is 9.88 Å². The standard InChI is InChI=1S/C15H20N4OS/c1-10(2)12-7-5-6-11(3)14(12)17-13(20)8-21-15-18-16-9-19(15)4/h5-7,9-10H,8H2,1-4H3,(H,17,20). The second-order valence-corrected chi connectivity index (χ2v) is 6.20. The van der Waals surface area contributed by atoms with Crippen LogP contribution in [0.2, 0.25) is 0 Å². The van der Waals surface area contributed by atoms with E-state index in [9.17, 15) is 4.79 Å². The quantitative estimate of drug-likeness (QED) is 0.863. The average molecular weight is 304 g/mol. The minimum atomic E-state index is -0.0285. The molecular formula is C15H20N4OS. The van der Waals surface area contributed by atoms with Gasteiger partial charge in [0.05, 0.1) is 5.75 Å². The van der Waals surface area contributed by atoms with Crippen LogP contribution in [0.15, 0.2) is 29.7 Å². The van der Waals surface area contributed by atoms with Gasteiger partial charge in [0, 0.05) is 12.7 Å². The van der Waals surface area contributed by atoms with Crippen LogP contribution in [0.5, 0.6) is 0 Å². The van der Waals surface area contributed by atoms with Crippen LogP contribution in [0.4, 0.5) is 5.69 Å². The zero-order valence-corrected chi connectivity index (χ0v) is 13.6. The maximum absolute atomic E-state index is 12.2. The van der Waals surface area contributed by atoms with Crippen molar-refractivity contribution in [2.45, 2.75) is 31.8 Å². The first-order valence-electron chi connectivity index (χ1n) is 6.85. The number of nitrogens with one attached hydrogen (secondary N) is 1. The van der Waals surface area contributed by atoms with Crippen LogP contribution in [-0.2, 0) is 11.8 Å². The molecule has 0 bridgehead atoms. The Labute approximate surface area is 129 Å². The Bertz CT molecular complexity index is 636. The van der Waals surface area contributed by atoms with Crippen molar-refractivity contribution in [3.8, 4) is 0 Å². The van der Waals surface area contributed by atoms with E-state index in [-0.39, 0.29) is 5.91 Å². The van der Waals surface area contributed by atoms with E-state index in [2.05, 4.69) is 35.4 Å². The lowest BCUT2D eigenvalue weighted by Gasteiger charge is -2.16. The molecule has 0 saturated heterocycles. The first-order valence-corrected chi connectivity index (χ1v) is 7.83. The Balaban J connectivity index is 2.05. The first-order chi connectivity index (χ1) is 9.99. The lowest BCUT2D eigenvalue weighted by molar-refractivity contribution is -0.113. The van der Waals surface area contributed by atoms with Gasteiger partial charge in [0.1, 0.15) is 6.33 Å². The van der Waals surface area contributed by atoms with Crippen LogP contribution in [0.3, 0.4) is 0 Å².